The molecule has 0 atom stereocenters. The number of ether oxygens (including phenoxy) is 1. The van der Waals surface area contributed by atoms with Crippen molar-refractivity contribution in [2.24, 2.45) is 0 Å². The first-order valence-corrected chi connectivity index (χ1v) is 3.82. The van der Waals surface area contributed by atoms with E-state index < -0.39 is 17.7 Å². The van der Waals surface area contributed by atoms with Gasteiger partial charge in [-0.05, 0) is 15.9 Å². The summed E-state index contributed by atoms with van der Waals surface area (Å²) in [5.74, 6) is -0.790. The van der Waals surface area contributed by atoms with Crippen LogP contribution in [0.3, 0.4) is 0 Å². The molecule has 0 amide bonds. The molecule has 0 saturated carbocycles. The Morgan fingerprint density at radius 3 is 2.62 bits per heavy atom. The summed E-state index contributed by atoms with van der Waals surface area (Å²) >= 11 is 2.89. The van der Waals surface area contributed by atoms with Gasteiger partial charge in [-0.25, -0.2) is 0 Å². The third kappa shape index (κ3) is 3.10. The van der Waals surface area contributed by atoms with Crippen LogP contribution in [0.25, 0.3) is 0 Å². The third-order valence-corrected chi connectivity index (χ3v) is 1.52. The number of alkyl halides is 3. The Kier molecular flexibility index (Phi) is 2.65. The quantitative estimate of drug-likeness (QED) is 0.837. The lowest BCUT2D eigenvalue weighted by atomic mass is 10.4. The minimum Gasteiger partial charge on any atom is -0.400 e. The smallest absolute Gasteiger partial charge is 0.400 e. The van der Waals surface area contributed by atoms with Crippen LogP contribution in [0.1, 0.15) is 0 Å². The summed E-state index contributed by atoms with van der Waals surface area (Å²) < 4.78 is 38.7. The van der Waals surface area contributed by atoms with E-state index in [1.807, 2.05) is 0 Å². The van der Waals surface area contributed by atoms with Gasteiger partial charge in [0.2, 0.25) is 0 Å². The molecule has 1 rings (SSSR count). The Labute approximate surface area is 78.7 Å². The van der Waals surface area contributed by atoms with Gasteiger partial charge in [0.25, 0.3) is 5.56 Å². The molecule has 0 bridgehead atoms. The molecule has 0 radical (unpaired) electrons. The molecule has 0 aliphatic rings. The van der Waals surface area contributed by atoms with Crippen molar-refractivity contribution in [3.63, 3.8) is 0 Å². The Balaban J connectivity index is 3.01. The fourth-order valence-corrected chi connectivity index (χ4v) is 0.961. The lowest BCUT2D eigenvalue weighted by Gasteiger charge is -2.07. The van der Waals surface area contributed by atoms with E-state index in [4.69, 9.17) is 0 Å². The number of pyridine rings is 1. The molecule has 13 heavy (non-hydrogen) atoms. The molecule has 3 nitrogen and oxygen atoms in total. The van der Waals surface area contributed by atoms with Gasteiger partial charge in [-0.3, -0.25) is 4.79 Å². The first-order valence-electron chi connectivity index (χ1n) is 3.02. The predicted octanol–water partition coefficient (Wildman–Crippen LogP) is 2.04. The molecule has 0 unspecified atom stereocenters. The molecule has 7 heteroatoms. The van der Waals surface area contributed by atoms with Crippen molar-refractivity contribution in [1.29, 1.82) is 0 Å². The topological polar surface area (TPSA) is 42.1 Å². The highest BCUT2D eigenvalue weighted by atomic mass is 79.9. The van der Waals surface area contributed by atoms with E-state index in [0.29, 0.717) is 4.47 Å². The maximum Gasteiger partial charge on any atom is 0.573 e. The van der Waals surface area contributed by atoms with E-state index in [1.165, 1.54) is 6.20 Å². The molecular formula is C6H3BrF3NO2. The average Bonchev–Trinajstić information content (AvgIpc) is 1.94. The zero-order valence-corrected chi connectivity index (χ0v) is 7.57. The van der Waals surface area contributed by atoms with E-state index in [-0.39, 0.29) is 0 Å². The van der Waals surface area contributed by atoms with Crippen molar-refractivity contribution in [1.82, 2.24) is 4.98 Å². The molecule has 1 N–H and O–H groups in total. The maximum absolute atomic E-state index is 11.7. The van der Waals surface area contributed by atoms with Gasteiger partial charge in [0, 0.05) is 16.7 Å². The van der Waals surface area contributed by atoms with Crippen molar-refractivity contribution in [3.8, 4) is 5.75 Å². The average molecular weight is 258 g/mol. The van der Waals surface area contributed by atoms with Gasteiger partial charge < -0.3 is 9.72 Å². The highest BCUT2D eigenvalue weighted by Gasteiger charge is 2.32. The molecular weight excluding hydrogens is 255 g/mol. The van der Waals surface area contributed by atoms with Crippen LogP contribution in [-0.4, -0.2) is 11.3 Å². The minimum absolute atomic E-state index is 0.298. The standard InChI is InChI=1S/C6H3BrF3NO2/c7-3-1-4(5(12)11-2-3)13-6(8,9)10/h1-2H,(H,11,12). The van der Waals surface area contributed by atoms with Crippen molar-refractivity contribution >= 4 is 15.9 Å². The highest BCUT2D eigenvalue weighted by Crippen LogP contribution is 2.21. The van der Waals surface area contributed by atoms with Crippen molar-refractivity contribution in [2.75, 3.05) is 0 Å². The molecule has 0 spiro atoms. The summed E-state index contributed by atoms with van der Waals surface area (Å²) in [5, 5.41) is 0. The summed E-state index contributed by atoms with van der Waals surface area (Å²) in [7, 11) is 0. The first kappa shape index (κ1) is 10.1. The zero-order valence-electron chi connectivity index (χ0n) is 5.98. The zero-order chi connectivity index (χ0) is 10.1. The molecule has 1 aromatic heterocycles. The molecule has 0 aliphatic heterocycles. The van der Waals surface area contributed by atoms with E-state index in [1.54, 1.807) is 0 Å². The normalized spacial score (nSPS) is 11.4. The van der Waals surface area contributed by atoms with Crippen molar-refractivity contribution < 1.29 is 17.9 Å². The molecule has 0 fully saturated rings. The summed E-state index contributed by atoms with van der Waals surface area (Å²) in [6.45, 7) is 0. The second-order valence-corrected chi connectivity index (χ2v) is 2.97. The van der Waals surface area contributed by atoms with Gasteiger partial charge in [-0.1, -0.05) is 0 Å². The molecule has 72 valence electrons. The van der Waals surface area contributed by atoms with Crippen molar-refractivity contribution in [3.05, 3.63) is 27.1 Å². The summed E-state index contributed by atoms with van der Waals surface area (Å²) in [4.78, 5) is 12.8. The van der Waals surface area contributed by atoms with Crippen LogP contribution in [0.15, 0.2) is 21.5 Å². The SMILES string of the molecule is O=c1[nH]cc(Br)cc1OC(F)(F)F. The van der Waals surface area contributed by atoms with Gasteiger partial charge in [0.1, 0.15) is 0 Å². The summed E-state index contributed by atoms with van der Waals surface area (Å²) in [6, 6.07) is 0.937. The Bertz CT molecular complexity index is 360. The second-order valence-electron chi connectivity index (χ2n) is 2.06. The van der Waals surface area contributed by atoms with Crippen LogP contribution in [0.4, 0.5) is 13.2 Å². The minimum atomic E-state index is -4.85. The van der Waals surface area contributed by atoms with Crippen LogP contribution in [0, 0.1) is 0 Å². The molecule has 0 aliphatic carbocycles. The molecule has 0 aromatic carbocycles. The Hall–Kier alpha value is -0.980. The van der Waals surface area contributed by atoms with E-state index >= 15 is 0 Å². The van der Waals surface area contributed by atoms with E-state index in [0.717, 1.165) is 6.07 Å². The number of nitrogens with one attached hydrogen (secondary N) is 1. The highest BCUT2D eigenvalue weighted by molar-refractivity contribution is 9.10. The number of aromatic nitrogens is 1. The fraction of sp³-hybridized carbons (Fsp3) is 0.167. The monoisotopic (exact) mass is 257 g/mol. The van der Waals surface area contributed by atoms with Crippen LogP contribution < -0.4 is 10.3 Å². The van der Waals surface area contributed by atoms with Crippen LogP contribution in [0.2, 0.25) is 0 Å². The summed E-state index contributed by atoms with van der Waals surface area (Å²) in [5.41, 5.74) is -0.930. The van der Waals surface area contributed by atoms with Crippen molar-refractivity contribution in [2.45, 2.75) is 6.36 Å². The van der Waals surface area contributed by atoms with Gasteiger partial charge in [0.15, 0.2) is 5.75 Å². The molecule has 1 heterocycles. The Morgan fingerprint density at radius 2 is 2.08 bits per heavy atom. The number of aromatic amines is 1. The van der Waals surface area contributed by atoms with E-state index in [2.05, 4.69) is 25.7 Å². The largest absolute Gasteiger partial charge is 0.573 e. The molecule has 1 aromatic rings. The second kappa shape index (κ2) is 3.41. The lowest BCUT2D eigenvalue weighted by molar-refractivity contribution is -0.275. The lowest BCUT2D eigenvalue weighted by Crippen LogP contribution is -2.22. The summed E-state index contributed by atoms with van der Waals surface area (Å²) in [6.07, 6.45) is -3.64. The van der Waals surface area contributed by atoms with Gasteiger partial charge in [0.05, 0.1) is 0 Å². The number of rotatable bonds is 1. The van der Waals surface area contributed by atoms with Gasteiger partial charge in [-0.2, -0.15) is 0 Å². The fourth-order valence-electron chi connectivity index (χ4n) is 0.639. The van der Waals surface area contributed by atoms with Crippen LogP contribution in [-0.2, 0) is 0 Å². The Morgan fingerprint density at radius 1 is 1.46 bits per heavy atom. The molecule has 0 saturated heterocycles. The van der Waals surface area contributed by atoms with Crippen LogP contribution >= 0.6 is 15.9 Å². The van der Waals surface area contributed by atoms with E-state index in [9.17, 15) is 18.0 Å². The van der Waals surface area contributed by atoms with Gasteiger partial charge >= 0.3 is 6.36 Å². The van der Waals surface area contributed by atoms with Gasteiger partial charge in [-0.15, -0.1) is 13.2 Å². The first-order chi connectivity index (χ1) is 5.88. The third-order valence-electron chi connectivity index (χ3n) is 1.06. The van der Waals surface area contributed by atoms with Crippen LogP contribution in [0.5, 0.6) is 5.75 Å². The number of H-pyrrole nitrogens is 1. The number of halogens is 4. The predicted molar refractivity (Wildman–Crippen MR) is 41.4 cm³/mol. The number of hydrogen-bond donors (Lipinski definition) is 1. The maximum atomic E-state index is 11.7. The number of hydrogen-bond acceptors (Lipinski definition) is 2.